The molecule has 0 bridgehead atoms. The van der Waals surface area contributed by atoms with E-state index in [4.69, 9.17) is 0 Å². The van der Waals surface area contributed by atoms with Crippen LogP contribution in [-0.4, -0.2) is 21.2 Å². The molecule has 2 aromatic heterocycles. The first-order valence-electron chi connectivity index (χ1n) is 9.88. The molecule has 0 saturated carbocycles. The summed E-state index contributed by atoms with van der Waals surface area (Å²) in [5.41, 5.74) is 1.44. The number of carbonyl (C=O) groups is 2. The van der Waals surface area contributed by atoms with Crippen molar-refractivity contribution in [2.45, 2.75) is 13.0 Å². The molecular formula is C24H19FN4O3. The van der Waals surface area contributed by atoms with E-state index in [9.17, 15) is 18.8 Å². The van der Waals surface area contributed by atoms with Gasteiger partial charge in [-0.1, -0.05) is 42.5 Å². The summed E-state index contributed by atoms with van der Waals surface area (Å²) in [4.78, 5) is 42.0. The standard InChI is InChI=1S/C24H19FN4O3/c25-18-10-8-17(9-11-18)14-27-23(31)19-7-4-12-29-22(19)26-15-20(24(29)32)28-21(30)13-16-5-2-1-3-6-16/h1-12,15H,13-14H2,(H,27,31)(H,28,30). The van der Waals surface area contributed by atoms with Gasteiger partial charge in [-0.15, -0.1) is 0 Å². The molecule has 2 aromatic carbocycles. The maximum atomic E-state index is 13.0. The number of hydrogen-bond acceptors (Lipinski definition) is 4. The Balaban J connectivity index is 1.52. The van der Waals surface area contributed by atoms with Crippen molar-refractivity contribution < 1.29 is 14.0 Å². The fourth-order valence-corrected chi connectivity index (χ4v) is 3.22. The summed E-state index contributed by atoms with van der Waals surface area (Å²) < 4.78 is 14.2. The average Bonchev–Trinajstić information content (AvgIpc) is 2.80. The van der Waals surface area contributed by atoms with E-state index in [2.05, 4.69) is 15.6 Å². The van der Waals surface area contributed by atoms with E-state index in [1.807, 2.05) is 30.3 Å². The average molecular weight is 430 g/mol. The summed E-state index contributed by atoms with van der Waals surface area (Å²) in [7, 11) is 0. The van der Waals surface area contributed by atoms with Crippen molar-refractivity contribution >= 4 is 23.1 Å². The Labute approximate surface area is 182 Å². The Morgan fingerprint density at radius 3 is 2.44 bits per heavy atom. The molecule has 2 amide bonds. The Bertz CT molecular complexity index is 1340. The van der Waals surface area contributed by atoms with E-state index in [-0.39, 0.29) is 41.6 Å². The highest BCUT2D eigenvalue weighted by Gasteiger charge is 2.15. The van der Waals surface area contributed by atoms with E-state index in [0.717, 1.165) is 11.1 Å². The van der Waals surface area contributed by atoms with Gasteiger partial charge >= 0.3 is 0 Å². The van der Waals surface area contributed by atoms with Gasteiger partial charge in [0.15, 0.2) is 5.65 Å². The summed E-state index contributed by atoms with van der Waals surface area (Å²) in [6, 6.07) is 18.0. The minimum atomic E-state index is -0.496. The molecule has 0 atom stereocenters. The van der Waals surface area contributed by atoms with Gasteiger partial charge in [0.2, 0.25) is 5.91 Å². The Hall–Kier alpha value is -4.33. The highest BCUT2D eigenvalue weighted by atomic mass is 19.1. The number of pyridine rings is 1. The molecule has 8 heteroatoms. The van der Waals surface area contributed by atoms with Gasteiger partial charge in [-0.05, 0) is 35.4 Å². The number of aromatic nitrogens is 2. The second-order valence-corrected chi connectivity index (χ2v) is 7.11. The first-order valence-corrected chi connectivity index (χ1v) is 9.88. The van der Waals surface area contributed by atoms with Gasteiger partial charge in [0.05, 0.1) is 18.2 Å². The molecule has 0 unspecified atom stereocenters. The minimum absolute atomic E-state index is 0.0206. The molecule has 0 spiro atoms. The molecule has 0 radical (unpaired) electrons. The van der Waals surface area contributed by atoms with Gasteiger partial charge in [0.1, 0.15) is 11.5 Å². The Kier molecular flexibility index (Phi) is 6.03. The number of nitrogens with zero attached hydrogens (tertiary/aromatic N) is 2. The summed E-state index contributed by atoms with van der Waals surface area (Å²) in [5.74, 6) is -1.13. The van der Waals surface area contributed by atoms with E-state index in [1.54, 1.807) is 24.3 Å². The lowest BCUT2D eigenvalue weighted by Crippen LogP contribution is -2.27. The Morgan fingerprint density at radius 1 is 0.938 bits per heavy atom. The first-order chi connectivity index (χ1) is 15.5. The monoisotopic (exact) mass is 430 g/mol. The molecule has 2 heterocycles. The van der Waals surface area contributed by atoms with Crippen molar-refractivity contribution in [2.24, 2.45) is 0 Å². The predicted octanol–water partition coefficient (Wildman–Crippen LogP) is 2.94. The smallest absolute Gasteiger partial charge is 0.281 e. The van der Waals surface area contributed by atoms with Crippen LogP contribution in [0, 0.1) is 5.82 Å². The number of rotatable bonds is 6. The molecule has 7 nitrogen and oxygen atoms in total. The zero-order valence-corrected chi connectivity index (χ0v) is 16.9. The topological polar surface area (TPSA) is 92.6 Å². The number of carbonyl (C=O) groups excluding carboxylic acids is 2. The van der Waals surface area contributed by atoms with Crippen molar-refractivity contribution in [1.29, 1.82) is 0 Å². The quantitative estimate of drug-likeness (QED) is 0.492. The lowest BCUT2D eigenvalue weighted by Gasteiger charge is -2.10. The van der Waals surface area contributed by atoms with Crippen LogP contribution in [0.2, 0.25) is 0 Å². The van der Waals surface area contributed by atoms with Crippen LogP contribution in [0.5, 0.6) is 0 Å². The Morgan fingerprint density at radius 2 is 1.69 bits per heavy atom. The second kappa shape index (κ2) is 9.22. The normalized spacial score (nSPS) is 10.7. The van der Waals surface area contributed by atoms with Crippen LogP contribution >= 0.6 is 0 Å². The summed E-state index contributed by atoms with van der Waals surface area (Å²) in [5, 5.41) is 5.32. The molecule has 0 aliphatic heterocycles. The number of hydrogen-bond donors (Lipinski definition) is 2. The third-order valence-corrected chi connectivity index (χ3v) is 4.82. The molecule has 0 saturated heterocycles. The van der Waals surface area contributed by atoms with Crippen molar-refractivity contribution in [3.05, 3.63) is 112 Å². The zero-order valence-electron chi connectivity index (χ0n) is 16.9. The van der Waals surface area contributed by atoms with Gasteiger partial charge < -0.3 is 10.6 Å². The van der Waals surface area contributed by atoms with Crippen LogP contribution < -0.4 is 16.2 Å². The fraction of sp³-hybridized carbons (Fsp3) is 0.0833. The molecule has 0 fully saturated rings. The van der Waals surface area contributed by atoms with Crippen LogP contribution in [0.3, 0.4) is 0 Å². The molecule has 32 heavy (non-hydrogen) atoms. The molecular weight excluding hydrogens is 411 g/mol. The third kappa shape index (κ3) is 4.70. The van der Waals surface area contributed by atoms with E-state index < -0.39 is 11.5 Å². The van der Waals surface area contributed by atoms with Crippen LogP contribution in [-0.2, 0) is 17.8 Å². The highest BCUT2D eigenvalue weighted by Crippen LogP contribution is 2.10. The largest absolute Gasteiger partial charge is 0.348 e. The van der Waals surface area contributed by atoms with Crippen molar-refractivity contribution in [3.8, 4) is 0 Å². The maximum Gasteiger partial charge on any atom is 0.281 e. The fourth-order valence-electron chi connectivity index (χ4n) is 3.22. The number of nitrogens with one attached hydrogen (secondary N) is 2. The van der Waals surface area contributed by atoms with Crippen molar-refractivity contribution in [1.82, 2.24) is 14.7 Å². The molecule has 0 aliphatic carbocycles. The number of benzene rings is 2. The summed E-state index contributed by atoms with van der Waals surface area (Å²) in [6.07, 6.45) is 2.85. The van der Waals surface area contributed by atoms with E-state index in [1.165, 1.54) is 28.9 Å². The molecule has 4 rings (SSSR count). The number of halogens is 1. The highest BCUT2D eigenvalue weighted by molar-refractivity contribution is 6.00. The van der Waals surface area contributed by atoms with Crippen LogP contribution in [0.4, 0.5) is 10.1 Å². The second-order valence-electron chi connectivity index (χ2n) is 7.11. The molecule has 0 aliphatic rings. The molecule has 160 valence electrons. The minimum Gasteiger partial charge on any atom is -0.348 e. The first kappa shape index (κ1) is 20.9. The summed E-state index contributed by atoms with van der Waals surface area (Å²) >= 11 is 0. The summed E-state index contributed by atoms with van der Waals surface area (Å²) in [6.45, 7) is 0.192. The third-order valence-electron chi connectivity index (χ3n) is 4.82. The lowest BCUT2D eigenvalue weighted by atomic mass is 10.1. The molecule has 2 N–H and O–H groups in total. The number of amides is 2. The van der Waals surface area contributed by atoms with Gasteiger partial charge in [-0.2, -0.15) is 0 Å². The maximum absolute atomic E-state index is 13.0. The van der Waals surface area contributed by atoms with Gasteiger partial charge in [-0.3, -0.25) is 18.8 Å². The van der Waals surface area contributed by atoms with Crippen molar-refractivity contribution in [3.63, 3.8) is 0 Å². The van der Waals surface area contributed by atoms with Crippen molar-refractivity contribution in [2.75, 3.05) is 5.32 Å². The zero-order chi connectivity index (χ0) is 22.5. The van der Waals surface area contributed by atoms with Crippen LogP contribution in [0.15, 0.2) is 83.9 Å². The lowest BCUT2D eigenvalue weighted by molar-refractivity contribution is -0.115. The predicted molar refractivity (Wildman–Crippen MR) is 118 cm³/mol. The number of fused-ring (bicyclic) bond motifs is 1. The van der Waals surface area contributed by atoms with Crippen LogP contribution in [0.1, 0.15) is 21.5 Å². The number of anilines is 1. The van der Waals surface area contributed by atoms with Gasteiger partial charge in [0, 0.05) is 12.7 Å². The van der Waals surface area contributed by atoms with Crippen LogP contribution in [0.25, 0.3) is 5.65 Å². The van der Waals surface area contributed by atoms with Gasteiger partial charge in [-0.25, -0.2) is 9.37 Å². The SMILES string of the molecule is O=C(Cc1ccccc1)Nc1cnc2c(C(=O)NCc3ccc(F)cc3)cccn2c1=O. The molecule has 4 aromatic rings. The van der Waals surface area contributed by atoms with E-state index >= 15 is 0 Å². The van der Waals surface area contributed by atoms with E-state index in [0.29, 0.717) is 0 Å². The van der Waals surface area contributed by atoms with Gasteiger partial charge in [0.25, 0.3) is 11.5 Å².